The normalized spacial score (nSPS) is 12.2. The second kappa shape index (κ2) is 7.33. The Balaban J connectivity index is 1.80. The molecule has 3 rings (SSSR count). The van der Waals surface area contributed by atoms with E-state index in [1.165, 1.54) is 0 Å². The fraction of sp³-hybridized carbons (Fsp3) is 0.222. The molecule has 3 aromatic rings. The Hall–Kier alpha value is -2.24. The highest BCUT2D eigenvalue weighted by atomic mass is 35.5. The number of carbonyl (C=O) groups is 1. The maximum atomic E-state index is 12.4. The van der Waals surface area contributed by atoms with Crippen molar-refractivity contribution in [1.82, 2.24) is 15.1 Å². The van der Waals surface area contributed by atoms with Gasteiger partial charge in [-0.15, -0.1) is 0 Å². The number of furan rings is 1. The Morgan fingerprint density at radius 2 is 2.04 bits per heavy atom. The molecule has 0 saturated heterocycles. The molecule has 1 unspecified atom stereocenters. The number of hydrogen-bond donors (Lipinski definition) is 1. The molecule has 1 atom stereocenters. The first kappa shape index (κ1) is 17.6. The van der Waals surface area contributed by atoms with Crippen LogP contribution in [-0.2, 0) is 0 Å². The molecule has 0 fully saturated rings. The Morgan fingerprint density at radius 1 is 1.24 bits per heavy atom. The summed E-state index contributed by atoms with van der Waals surface area (Å²) in [5.41, 5.74) is 2.34. The predicted octanol–water partition coefficient (Wildman–Crippen LogP) is 4.42. The van der Waals surface area contributed by atoms with Gasteiger partial charge in [0.15, 0.2) is 0 Å². The third-order valence-corrected chi connectivity index (χ3v) is 4.59. The lowest BCUT2D eigenvalue weighted by molar-refractivity contribution is 0.0948. The molecule has 1 amide bonds. The SMILES string of the molecule is Cc1cc(C)n(C(CNC(=O)c2ccc(Cl)c(Cl)c2)c2ccco2)n1. The zero-order valence-corrected chi connectivity index (χ0v) is 15.3. The standard InChI is InChI=1S/C18H17Cl2N3O2/c1-11-8-12(2)23(22-11)16(17-4-3-7-25-17)10-21-18(24)13-5-6-14(19)15(20)9-13/h3-9,16H,10H2,1-2H3,(H,21,24). The van der Waals surface area contributed by atoms with E-state index in [2.05, 4.69) is 10.4 Å². The number of nitrogens with one attached hydrogen (secondary N) is 1. The summed E-state index contributed by atoms with van der Waals surface area (Å²) in [5.74, 6) is 0.484. The monoisotopic (exact) mass is 377 g/mol. The number of carbonyl (C=O) groups excluding carboxylic acids is 1. The van der Waals surface area contributed by atoms with Gasteiger partial charge in [-0.2, -0.15) is 5.10 Å². The summed E-state index contributed by atoms with van der Waals surface area (Å²) in [6.07, 6.45) is 1.61. The van der Waals surface area contributed by atoms with Crippen LogP contribution in [0.1, 0.15) is 33.5 Å². The number of aryl methyl sites for hydroxylation is 2. The van der Waals surface area contributed by atoms with Gasteiger partial charge >= 0.3 is 0 Å². The van der Waals surface area contributed by atoms with Crippen LogP contribution in [0.4, 0.5) is 0 Å². The maximum absolute atomic E-state index is 12.4. The summed E-state index contributed by atoms with van der Waals surface area (Å²) in [6.45, 7) is 4.22. The fourth-order valence-corrected chi connectivity index (χ4v) is 2.98. The number of rotatable bonds is 5. The summed E-state index contributed by atoms with van der Waals surface area (Å²) in [7, 11) is 0. The molecule has 2 aromatic heterocycles. The van der Waals surface area contributed by atoms with E-state index in [0.29, 0.717) is 22.2 Å². The summed E-state index contributed by atoms with van der Waals surface area (Å²) >= 11 is 11.9. The van der Waals surface area contributed by atoms with Crippen molar-refractivity contribution < 1.29 is 9.21 Å². The van der Waals surface area contributed by atoms with E-state index in [9.17, 15) is 4.79 Å². The van der Waals surface area contributed by atoms with Crippen molar-refractivity contribution >= 4 is 29.1 Å². The molecule has 0 saturated carbocycles. The van der Waals surface area contributed by atoms with Crippen molar-refractivity contribution in [3.05, 3.63) is 75.4 Å². The molecule has 130 valence electrons. The van der Waals surface area contributed by atoms with E-state index in [4.69, 9.17) is 27.6 Å². The molecule has 0 aliphatic rings. The summed E-state index contributed by atoms with van der Waals surface area (Å²) in [5, 5.41) is 8.17. The van der Waals surface area contributed by atoms with E-state index < -0.39 is 0 Å². The molecule has 0 spiro atoms. The van der Waals surface area contributed by atoms with Crippen LogP contribution in [0.5, 0.6) is 0 Å². The van der Waals surface area contributed by atoms with Crippen molar-refractivity contribution in [3.8, 4) is 0 Å². The molecule has 0 bridgehead atoms. The zero-order chi connectivity index (χ0) is 18.0. The van der Waals surface area contributed by atoms with Crippen molar-refractivity contribution in [3.63, 3.8) is 0 Å². The number of nitrogens with zero attached hydrogens (tertiary/aromatic N) is 2. The lowest BCUT2D eigenvalue weighted by Gasteiger charge is -2.18. The molecule has 0 radical (unpaired) electrons. The van der Waals surface area contributed by atoms with Gasteiger partial charge in [0, 0.05) is 17.8 Å². The molecule has 5 nitrogen and oxygen atoms in total. The van der Waals surface area contributed by atoms with Crippen molar-refractivity contribution in [2.75, 3.05) is 6.54 Å². The summed E-state index contributed by atoms with van der Waals surface area (Å²) < 4.78 is 7.39. The Morgan fingerprint density at radius 3 is 2.64 bits per heavy atom. The van der Waals surface area contributed by atoms with Crippen LogP contribution in [0.2, 0.25) is 10.0 Å². The van der Waals surface area contributed by atoms with E-state index in [1.807, 2.05) is 36.7 Å². The Bertz CT molecular complexity index is 888. The largest absolute Gasteiger partial charge is 0.467 e. The molecule has 2 heterocycles. The van der Waals surface area contributed by atoms with E-state index in [1.54, 1.807) is 24.5 Å². The summed E-state index contributed by atoms with van der Waals surface area (Å²) in [6, 6.07) is 10.2. The number of halogens is 2. The lowest BCUT2D eigenvalue weighted by Crippen LogP contribution is -2.32. The average Bonchev–Trinajstić information content (AvgIpc) is 3.20. The predicted molar refractivity (Wildman–Crippen MR) is 97.3 cm³/mol. The zero-order valence-electron chi connectivity index (χ0n) is 13.8. The molecular weight excluding hydrogens is 361 g/mol. The maximum Gasteiger partial charge on any atom is 0.251 e. The van der Waals surface area contributed by atoms with E-state index in [0.717, 1.165) is 17.1 Å². The summed E-state index contributed by atoms with van der Waals surface area (Å²) in [4.78, 5) is 12.4. The molecular formula is C18H17Cl2N3O2. The van der Waals surface area contributed by atoms with Crippen molar-refractivity contribution in [1.29, 1.82) is 0 Å². The lowest BCUT2D eigenvalue weighted by atomic mass is 10.2. The second-order valence-corrected chi connectivity index (χ2v) is 6.56. The van der Waals surface area contributed by atoms with Gasteiger partial charge in [-0.25, -0.2) is 0 Å². The van der Waals surface area contributed by atoms with Crippen LogP contribution in [-0.4, -0.2) is 22.2 Å². The van der Waals surface area contributed by atoms with Gasteiger partial charge in [-0.1, -0.05) is 23.2 Å². The first-order valence-corrected chi connectivity index (χ1v) is 8.50. The third kappa shape index (κ3) is 3.89. The van der Waals surface area contributed by atoms with Gasteiger partial charge in [0.2, 0.25) is 0 Å². The minimum absolute atomic E-state index is 0.239. The van der Waals surface area contributed by atoms with Crippen LogP contribution in [0.15, 0.2) is 47.1 Å². The van der Waals surface area contributed by atoms with Gasteiger partial charge in [-0.05, 0) is 50.2 Å². The number of hydrogen-bond acceptors (Lipinski definition) is 3. The van der Waals surface area contributed by atoms with Crippen LogP contribution >= 0.6 is 23.2 Å². The topological polar surface area (TPSA) is 60.1 Å². The highest BCUT2D eigenvalue weighted by Gasteiger charge is 2.21. The van der Waals surface area contributed by atoms with Gasteiger partial charge in [0.1, 0.15) is 11.8 Å². The number of amides is 1. The highest BCUT2D eigenvalue weighted by Crippen LogP contribution is 2.23. The molecule has 1 aromatic carbocycles. The minimum Gasteiger partial charge on any atom is -0.467 e. The van der Waals surface area contributed by atoms with Gasteiger partial charge in [-0.3, -0.25) is 9.48 Å². The van der Waals surface area contributed by atoms with Crippen LogP contribution in [0.25, 0.3) is 0 Å². The highest BCUT2D eigenvalue weighted by molar-refractivity contribution is 6.42. The molecule has 1 N–H and O–H groups in total. The fourth-order valence-electron chi connectivity index (χ4n) is 2.68. The number of benzene rings is 1. The Labute approximate surface area is 155 Å². The third-order valence-electron chi connectivity index (χ3n) is 3.85. The van der Waals surface area contributed by atoms with Gasteiger partial charge in [0.05, 0.1) is 22.0 Å². The number of aromatic nitrogens is 2. The van der Waals surface area contributed by atoms with Crippen molar-refractivity contribution in [2.45, 2.75) is 19.9 Å². The second-order valence-electron chi connectivity index (χ2n) is 5.74. The minimum atomic E-state index is -0.240. The van der Waals surface area contributed by atoms with Crippen LogP contribution < -0.4 is 5.32 Å². The van der Waals surface area contributed by atoms with Gasteiger partial charge < -0.3 is 9.73 Å². The average molecular weight is 378 g/mol. The smallest absolute Gasteiger partial charge is 0.251 e. The Kier molecular flexibility index (Phi) is 5.16. The van der Waals surface area contributed by atoms with Crippen LogP contribution in [0, 0.1) is 13.8 Å². The van der Waals surface area contributed by atoms with Gasteiger partial charge in [0.25, 0.3) is 5.91 Å². The van der Waals surface area contributed by atoms with E-state index >= 15 is 0 Å². The first-order valence-electron chi connectivity index (χ1n) is 7.75. The molecule has 7 heteroatoms. The first-order chi connectivity index (χ1) is 12.0. The molecule has 0 aliphatic carbocycles. The van der Waals surface area contributed by atoms with Crippen molar-refractivity contribution in [2.24, 2.45) is 0 Å². The van der Waals surface area contributed by atoms with Crippen LogP contribution in [0.3, 0.4) is 0 Å². The molecule has 25 heavy (non-hydrogen) atoms. The molecule has 0 aliphatic heterocycles. The van der Waals surface area contributed by atoms with E-state index in [-0.39, 0.29) is 11.9 Å². The quantitative estimate of drug-likeness (QED) is 0.715.